The highest BCUT2D eigenvalue weighted by Gasteiger charge is 2.32. The van der Waals surface area contributed by atoms with Crippen molar-refractivity contribution in [1.82, 2.24) is 4.90 Å². The number of nitrogens with zero attached hydrogens (tertiary/aromatic N) is 1. The van der Waals surface area contributed by atoms with Crippen LogP contribution in [0.1, 0.15) is 25.5 Å². The summed E-state index contributed by atoms with van der Waals surface area (Å²) in [6, 6.07) is 18.4. The molecule has 1 aliphatic rings. The molecule has 1 atom stereocenters. The number of carbonyl (C=O) groups is 1. The molecule has 0 aliphatic carbocycles. The fourth-order valence-corrected chi connectivity index (χ4v) is 5.44. The second kappa shape index (κ2) is 6.02. The minimum atomic E-state index is 0.142. The van der Waals surface area contributed by atoms with Crippen molar-refractivity contribution in [3.8, 4) is 0 Å². The Morgan fingerprint density at radius 1 is 1.09 bits per heavy atom. The molecule has 1 saturated heterocycles. The van der Waals surface area contributed by atoms with Gasteiger partial charge in [-0.3, -0.25) is 4.79 Å². The van der Waals surface area contributed by atoms with Gasteiger partial charge in [0.05, 0.1) is 0 Å². The summed E-state index contributed by atoms with van der Waals surface area (Å²) in [5, 5.41) is 2.31. The van der Waals surface area contributed by atoms with Gasteiger partial charge in [0, 0.05) is 27.6 Å². The summed E-state index contributed by atoms with van der Waals surface area (Å²) in [5.41, 5.74) is 0.809. The third-order valence-electron chi connectivity index (χ3n) is 4.18. The van der Waals surface area contributed by atoms with E-state index in [0.29, 0.717) is 0 Å². The smallest absolute Gasteiger partial charge is 0.255 e. The Morgan fingerprint density at radius 2 is 1.91 bits per heavy atom. The fourth-order valence-electron chi connectivity index (χ4n) is 3.07. The van der Waals surface area contributed by atoms with Crippen LogP contribution < -0.4 is 0 Å². The summed E-state index contributed by atoms with van der Waals surface area (Å²) in [4.78, 5) is 17.8. The van der Waals surface area contributed by atoms with Crippen LogP contribution in [0.2, 0.25) is 0 Å². The summed E-state index contributed by atoms with van der Waals surface area (Å²) in [6.07, 6.45) is 0. The Morgan fingerprint density at radius 3 is 2.74 bits per heavy atom. The Hall–Kier alpha value is -1.78. The molecule has 4 rings (SSSR count). The largest absolute Gasteiger partial charge is 0.321 e. The normalized spacial score (nSPS) is 17.8. The van der Waals surface area contributed by atoms with Gasteiger partial charge in [0.2, 0.25) is 0 Å². The lowest BCUT2D eigenvalue weighted by Crippen LogP contribution is -2.30. The first-order chi connectivity index (χ1) is 11.2. The highest BCUT2D eigenvalue weighted by Crippen LogP contribution is 2.41. The lowest BCUT2D eigenvalue weighted by atomic mass is 10.0. The van der Waals surface area contributed by atoms with E-state index >= 15 is 0 Å². The summed E-state index contributed by atoms with van der Waals surface area (Å²) >= 11 is 3.65. The third kappa shape index (κ3) is 2.66. The predicted octanol–water partition coefficient (Wildman–Crippen LogP) is 5.10. The van der Waals surface area contributed by atoms with E-state index in [1.54, 1.807) is 11.3 Å². The van der Waals surface area contributed by atoms with Gasteiger partial charge in [-0.1, -0.05) is 36.4 Å². The van der Waals surface area contributed by atoms with E-state index in [-0.39, 0.29) is 11.3 Å². The molecule has 1 aromatic heterocycles. The molecule has 0 radical (unpaired) electrons. The number of rotatable bonds is 2. The van der Waals surface area contributed by atoms with Crippen molar-refractivity contribution in [2.45, 2.75) is 12.3 Å². The van der Waals surface area contributed by atoms with Crippen LogP contribution >= 0.6 is 23.1 Å². The molecule has 116 valence electrons. The average Bonchev–Trinajstić information content (AvgIpc) is 3.22. The number of amides is 1. The Balaban J connectivity index is 1.72. The van der Waals surface area contributed by atoms with Gasteiger partial charge < -0.3 is 4.90 Å². The summed E-state index contributed by atoms with van der Waals surface area (Å²) in [6.45, 7) is 2.93. The minimum Gasteiger partial charge on any atom is -0.321 e. The molecular weight excluding hydrogens is 322 g/mol. The molecule has 0 unspecified atom stereocenters. The van der Waals surface area contributed by atoms with Crippen LogP contribution in [0.25, 0.3) is 10.8 Å². The van der Waals surface area contributed by atoms with E-state index in [9.17, 15) is 4.79 Å². The highest BCUT2D eigenvalue weighted by molar-refractivity contribution is 7.99. The molecule has 2 heterocycles. The van der Waals surface area contributed by atoms with E-state index < -0.39 is 0 Å². The van der Waals surface area contributed by atoms with Gasteiger partial charge in [-0.2, -0.15) is 0 Å². The molecule has 1 amide bonds. The monoisotopic (exact) mass is 339 g/mol. The van der Waals surface area contributed by atoms with E-state index in [2.05, 4.69) is 31.2 Å². The van der Waals surface area contributed by atoms with Crippen LogP contribution in [0.4, 0.5) is 0 Å². The van der Waals surface area contributed by atoms with Crippen molar-refractivity contribution in [2.24, 2.45) is 0 Å². The van der Waals surface area contributed by atoms with Crippen molar-refractivity contribution in [1.29, 1.82) is 0 Å². The second-order valence-corrected chi connectivity index (χ2v) is 8.20. The van der Waals surface area contributed by atoms with Gasteiger partial charge in [-0.15, -0.1) is 23.1 Å². The van der Waals surface area contributed by atoms with E-state index in [1.807, 2.05) is 47.0 Å². The van der Waals surface area contributed by atoms with Gasteiger partial charge in [0.25, 0.3) is 5.91 Å². The number of aryl methyl sites for hydroxylation is 1. The molecule has 0 N–H and O–H groups in total. The number of benzene rings is 2. The second-order valence-electron chi connectivity index (χ2n) is 5.70. The van der Waals surface area contributed by atoms with Gasteiger partial charge in [-0.05, 0) is 35.9 Å². The number of fused-ring (bicyclic) bond motifs is 1. The number of hydrogen-bond donors (Lipinski definition) is 0. The number of hydrogen-bond acceptors (Lipinski definition) is 3. The Kier molecular flexibility index (Phi) is 3.87. The fraction of sp³-hybridized carbons (Fsp3) is 0.211. The maximum Gasteiger partial charge on any atom is 0.255 e. The van der Waals surface area contributed by atoms with Gasteiger partial charge in [0.1, 0.15) is 5.37 Å². The van der Waals surface area contributed by atoms with Crippen LogP contribution in [0, 0.1) is 6.92 Å². The van der Waals surface area contributed by atoms with E-state index in [4.69, 9.17) is 0 Å². The number of thiophene rings is 1. The molecule has 23 heavy (non-hydrogen) atoms. The standard InChI is InChI=1S/C19H17NOS2/c1-13-9-10-17(23-13)19-20(11-12-22-19)18(21)16-8-4-6-14-5-2-3-7-15(14)16/h2-10,19H,11-12H2,1H3/t19-/m0/s1. The van der Waals surface area contributed by atoms with Gasteiger partial charge in [-0.25, -0.2) is 0 Å². The average molecular weight is 339 g/mol. The summed E-state index contributed by atoms with van der Waals surface area (Å²) in [7, 11) is 0. The first-order valence-corrected chi connectivity index (χ1v) is 9.57. The van der Waals surface area contributed by atoms with Crippen LogP contribution in [-0.4, -0.2) is 23.1 Å². The maximum atomic E-state index is 13.2. The molecule has 1 fully saturated rings. The molecule has 3 aromatic rings. The van der Waals surface area contributed by atoms with Crippen LogP contribution in [-0.2, 0) is 0 Å². The lowest BCUT2D eigenvalue weighted by molar-refractivity contribution is 0.0764. The highest BCUT2D eigenvalue weighted by atomic mass is 32.2. The van der Waals surface area contributed by atoms with Crippen molar-refractivity contribution in [2.75, 3.05) is 12.3 Å². The van der Waals surface area contributed by atoms with Crippen LogP contribution in [0.3, 0.4) is 0 Å². The van der Waals surface area contributed by atoms with E-state index in [0.717, 1.165) is 28.6 Å². The number of thioether (sulfide) groups is 1. The van der Waals surface area contributed by atoms with Gasteiger partial charge >= 0.3 is 0 Å². The third-order valence-corrected chi connectivity index (χ3v) is 6.62. The number of carbonyl (C=O) groups excluding carboxylic acids is 1. The van der Waals surface area contributed by atoms with Crippen molar-refractivity contribution < 1.29 is 4.79 Å². The zero-order chi connectivity index (χ0) is 15.8. The lowest BCUT2D eigenvalue weighted by Gasteiger charge is -2.23. The summed E-state index contributed by atoms with van der Waals surface area (Å²) in [5.74, 6) is 1.14. The van der Waals surface area contributed by atoms with Crippen LogP contribution in [0.5, 0.6) is 0 Å². The van der Waals surface area contributed by atoms with E-state index in [1.165, 1.54) is 9.75 Å². The molecule has 2 aromatic carbocycles. The molecule has 2 nitrogen and oxygen atoms in total. The maximum absolute atomic E-state index is 13.2. The zero-order valence-electron chi connectivity index (χ0n) is 12.9. The Bertz CT molecular complexity index is 865. The molecule has 4 heteroatoms. The Labute approximate surface area is 144 Å². The van der Waals surface area contributed by atoms with Crippen molar-refractivity contribution in [3.05, 3.63) is 69.9 Å². The van der Waals surface area contributed by atoms with Crippen LogP contribution in [0.15, 0.2) is 54.6 Å². The molecular formula is C19H17NOS2. The summed E-state index contributed by atoms with van der Waals surface area (Å²) < 4.78 is 0. The SMILES string of the molecule is Cc1ccc([C@@H]2SCCN2C(=O)c2cccc3ccccc23)s1. The topological polar surface area (TPSA) is 20.3 Å². The molecule has 1 aliphatic heterocycles. The predicted molar refractivity (Wildman–Crippen MR) is 99.2 cm³/mol. The van der Waals surface area contributed by atoms with Crippen molar-refractivity contribution in [3.63, 3.8) is 0 Å². The first-order valence-electron chi connectivity index (χ1n) is 7.71. The molecule has 0 spiro atoms. The first kappa shape index (κ1) is 14.8. The molecule has 0 saturated carbocycles. The van der Waals surface area contributed by atoms with Crippen molar-refractivity contribution >= 4 is 39.8 Å². The minimum absolute atomic E-state index is 0.142. The zero-order valence-corrected chi connectivity index (χ0v) is 14.5. The quantitative estimate of drug-likeness (QED) is 0.647. The molecule has 0 bridgehead atoms. The van der Waals surface area contributed by atoms with Gasteiger partial charge in [0.15, 0.2) is 0 Å².